The molecule has 2 aliphatic rings. The van der Waals surface area contributed by atoms with Crippen molar-refractivity contribution < 1.29 is 14.7 Å². The van der Waals surface area contributed by atoms with Crippen molar-refractivity contribution in [2.75, 3.05) is 6.54 Å². The van der Waals surface area contributed by atoms with Crippen LogP contribution in [0, 0.1) is 17.8 Å². The highest BCUT2D eigenvalue weighted by molar-refractivity contribution is 7.11. The molecule has 1 amide bonds. The average Bonchev–Trinajstić information content (AvgIpc) is 3.30. The van der Waals surface area contributed by atoms with E-state index in [1.807, 2.05) is 0 Å². The normalized spacial score (nSPS) is 18.6. The molecule has 0 spiro atoms. The SMILES string of the molecule is O=C(O)c1csc(C(=O)NCC(C2CC2)C2CC2)n1. The molecule has 0 aliphatic heterocycles. The van der Waals surface area contributed by atoms with E-state index in [9.17, 15) is 9.59 Å². The minimum atomic E-state index is -1.09. The Morgan fingerprint density at radius 2 is 2.00 bits per heavy atom. The number of rotatable bonds is 6. The molecule has 5 nitrogen and oxygen atoms in total. The van der Waals surface area contributed by atoms with E-state index in [4.69, 9.17) is 5.11 Å². The maximum atomic E-state index is 11.9. The van der Waals surface area contributed by atoms with Crippen molar-refractivity contribution in [3.63, 3.8) is 0 Å². The second kappa shape index (κ2) is 4.92. The van der Waals surface area contributed by atoms with Crippen molar-refractivity contribution in [3.05, 3.63) is 16.1 Å². The molecule has 2 saturated carbocycles. The molecule has 19 heavy (non-hydrogen) atoms. The quantitative estimate of drug-likeness (QED) is 0.835. The highest BCUT2D eigenvalue weighted by atomic mass is 32.1. The number of carbonyl (C=O) groups excluding carboxylic acids is 1. The molecular weight excluding hydrogens is 264 g/mol. The summed E-state index contributed by atoms with van der Waals surface area (Å²) in [6, 6.07) is 0. The second-order valence-electron chi connectivity index (χ2n) is 5.39. The zero-order chi connectivity index (χ0) is 13.4. The van der Waals surface area contributed by atoms with Gasteiger partial charge in [-0.3, -0.25) is 4.79 Å². The van der Waals surface area contributed by atoms with Gasteiger partial charge in [0, 0.05) is 11.9 Å². The first kappa shape index (κ1) is 12.6. The Hall–Kier alpha value is -1.43. The molecular formula is C13H16N2O3S. The molecule has 0 aromatic carbocycles. The topological polar surface area (TPSA) is 79.3 Å². The van der Waals surface area contributed by atoms with Crippen LogP contribution in [0.4, 0.5) is 0 Å². The van der Waals surface area contributed by atoms with Gasteiger partial charge < -0.3 is 10.4 Å². The van der Waals surface area contributed by atoms with Crippen LogP contribution in [0.2, 0.25) is 0 Å². The number of thiazole rings is 1. The molecule has 0 saturated heterocycles. The summed E-state index contributed by atoms with van der Waals surface area (Å²) >= 11 is 1.08. The molecule has 1 aromatic heterocycles. The van der Waals surface area contributed by atoms with E-state index in [0.29, 0.717) is 12.5 Å². The predicted octanol–water partition coefficient (Wildman–Crippen LogP) is 2.01. The molecule has 0 bridgehead atoms. The fourth-order valence-electron chi connectivity index (χ4n) is 2.53. The van der Waals surface area contributed by atoms with Gasteiger partial charge in [-0.1, -0.05) is 0 Å². The van der Waals surface area contributed by atoms with Gasteiger partial charge in [-0.15, -0.1) is 11.3 Å². The fourth-order valence-corrected chi connectivity index (χ4v) is 3.24. The third-order valence-corrected chi connectivity index (χ3v) is 4.71. The van der Waals surface area contributed by atoms with E-state index >= 15 is 0 Å². The van der Waals surface area contributed by atoms with E-state index in [2.05, 4.69) is 10.3 Å². The Bertz CT molecular complexity index is 494. The van der Waals surface area contributed by atoms with Crippen LogP contribution in [-0.4, -0.2) is 28.5 Å². The summed E-state index contributed by atoms with van der Waals surface area (Å²) in [6.07, 6.45) is 5.16. The van der Waals surface area contributed by atoms with Crippen LogP contribution in [0.1, 0.15) is 46.0 Å². The van der Waals surface area contributed by atoms with E-state index in [-0.39, 0.29) is 16.6 Å². The first-order valence-corrected chi connectivity index (χ1v) is 7.50. The molecule has 0 atom stereocenters. The number of hydrogen-bond donors (Lipinski definition) is 2. The fraction of sp³-hybridized carbons (Fsp3) is 0.615. The second-order valence-corrected chi connectivity index (χ2v) is 6.25. The lowest BCUT2D eigenvalue weighted by Crippen LogP contribution is -2.31. The third-order valence-electron chi connectivity index (χ3n) is 3.87. The van der Waals surface area contributed by atoms with Gasteiger partial charge in [0.25, 0.3) is 5.91 Å². The number of nitrogens with one attached hydrogen (secondary N) is 1. The van der Waals surface area contributed by atoms with Crippen LogP contribution >= 0.6 is 11.3 Å². The van der Waals surface area contributed by atoms with Gasteiger partial charge >= 0.3 is 5.97 Å². The first-order valence-electron chi connectivity index (χ1n) is 6.62. The van der Waals surface area contributed by atoms with Gasteiger partial charge in [-0.05, 0) is 43.4 Å². The number of carboxylic acids is 1. The van der Waals surface area contributed by atoms with E-state index < -0.39 is 5.97 Å². The average molecular weight is 280 g/mol. The molecule has 2 aliphatic carbocycles. The lowest BCUT2D eigenvalue weighted by Gasteiger charge is -2.15. The molecule has 3 rings (SSSR count). The molecule has 1 heterocycles. The summed E-state index contributed by atoms with van der Waals surface area (Å²) in [5.74, 6) is 0.855. The first-order chi connectivity index (χ1) is 9.15. The van der Waals surface area contributed by atoms with Crippen LogP contribution < -0.4 is 5.32 Å². The molecule has 102 valence electrons. The van der Waals surface area contributed by atoms with Gasteiger partial charge in [0.2, 0.25) is 0 Å². The lowest BCUT2D eigenvalue weighted by molar-refractivity contribution is 0.0691. The number of aromatic nitrogens is 1. The minimum absolute atomic E-state index is 0.0592. The maximum Gasteiger partial charge on any atom is 0.355 e. The van der Waals surface area contributed by atoms with Gasteiger partial charge in [-0.2, -0.15) is 0 Å². The molecule has 2 fully saturated rings. The Morgan fingerprint density at radius 1 is 1.37 bits per heavy atom. The summed E-state index contributed by atoms with van der Waals surface area (Å²) in [7, 11) is 0. The molecule has 6 heteroatoms. The standard InChI is InChI=1S/C13H16N2O3S/c16-11(12-15-10(6-19-12)13(17)18)14-5-9(7-1-2-7)8-3-4-8/h6-9H,1-5H2,(H,14,16)(H,17,18). The number of carboxylic acid groups (broad SMARTS) is 1. The van der Waals surface area contributed by atoms with Gasteiger partial charge in [-0.25, -0.2) is 9.78 Å². The lowest BCUT2D eigenvalue weighted by atomic mass is 9.98. The Kier molecular flexibility index (Phi) is 3.26. The Morgan fingerprint density at radius 3 is 2.47 bits per heavy atom. The summed E-state index contributed by atoms with van der Waals surface area (Å²) in [4.78, 5) is 26.4. The van der Waals surface area contributed by atoms with Crippen molar-refractivity contribution in [3.8, 4) is 0 Å². The van der Waals surface area contributed by atoms with Gasteiger partial charge in [0.1, 0.15) is 0 Å². The third kappa shape index (κ3) is 2.94. The molecule has 0 unspecified atom stereocenters. The minimum Gasteiger partial charge on any atom is -0.476 e. The van der Waals surface area contributed by atoms with E-state index in [1.165, 1.54) is 31.1 Å². The van der Waals surface area contributed by atoms with Gasteiger partial charge in [0.05, 0.1) is 0 Å². The summed E-state index contributed by atoms with van der Waals surface area (Å²) < 4.78 is 0. The van der Waals surface area contributed by atoms with Crippen LogP contribution in [0.15, 0.2) is 5.38 Å². The summed E-state index contributed by atoms with van der Waals surface area (Å²) in [5.41, 5.74) is -0.0592. The molecule has 1 aromatic rings. The van der Waals surface area contributed by atoms with Crippen LogP contribution in [0.5, 0.6) is 0 Å². The highest BCUT2D eigenvalue weighted by Crippen LogP contribution is 2.48. The number of aromatic carboxylic acids is 1. The Balaban J connectivity index is 1.56. The summed E-state index contributed by atoms with van der Waals surface area (Å²) in [6.45, 7) is 0.705. The Labute approximate surface area is 115 Å². The summed E-state index contributed by atoms with van der Waals surface area (Å²) in [5, 5.41) is 13.3. The largest absolute Gasteiger partial charge is 0.476 e. The number of nitrogens with zero attached hydrogens (tertiary/aromatic N) is 1. The maximum absolute atomic E-state index is 11.9. The monoisotopic (exact) mass is 280 g/mol. The highest BCUT2D eigenvalue weighted by Gasteiger charge is 2.41. The molecule has 0 radical (unpaired) electrons. The van der Waals surface area contributed by atoms with Crippen molar-refractivity contribution in [1.29, 1.82) is 0 Å². The van der Waals surface area contributed by atoms with Gasteiger partial charge in [0.15, 0.2) is 10.7 Å². The smallest absolute Gasteiger partial charge is 0.355 e. The predicted molar refractivity (Wildman–Crippen MR) is 70.3 cm³/mol. The van der Waals surface area contributed by atoms with Crippen molar-refractivity contribution in [2.24, 2.45) is 17.8 Å². The number of carbonyl (C=O) groups is 2. The van der Waals surface area contributed by atoms with Crippen molar-refractivity contribution in [2.45, 2.75) is 25.7 Å². The molecule has 2 N–H and O–H groups in total. The van der Waals surface area contributed by atoms with Crippen LogP contribution in [-0.2, 0) is 0 Å². The van der Waals surface area contributed by atoms with Crippen molar-refractivity contribution in [1.82, 2.24) is 10.3 Å². The van der Waals surface area contributed by atoms with Crippen LogP contribution in [0.3, 0.4) is 0 Å². The van der Waals surface area contributed by atoms with E-state index in [1.54, 1.807) is 0 Å². The zero-order valence-corrected chi connectivity index (χ0v) is 11.3. The zero-order valence-electron chi connectivity index (χ0n) is 10.5. The van der Waals surface area contributed by atoms with Crippen molar-refractivity contribution >= 4 is 23.2 Å². The number of hydrogen-bond acceptors (Lipinski definition) is 4. The van der Waals surface area contributed by atoms with Crippen LogP contribution in [0.25, 0.3) is 0 Å². The number of amides is 1. The van der Waals surface area contributed by atoms with E-state index in [0.717, 1.165) is 23.2 Å².